The zero-order valence-electron chi connectivity index (χ0n) is 39.6. The third-order valence-electron chi connectivity index (χ3n) is 12.0. The van der Waals surface area contributed by atoms with E-state index < -0.39 is 6.10 Å². The largest absolute Gasteiger partial charge is 0.457 e. The predicted octanol–water partition coefficient (Wildman–Crippen LogP) is 17.8. The van der Waals surface area contributed by atoms with E-state index in [0.717, 1.165) is 25.7 Å². The van der Waals surface area contributed by atoms with Crippen LogP contribution in [0.2, 0.25) is 0 Å². The summed E-state index contributed by atoms with van der Waals surface area (Å²) in [7, 11) is 0. The molecule has 58 heavy (non-hydrogen) atoms. The Morgan fingerprint density at radius 3 is 1.07 bits per heavy atom. The maximum Gasteiger partial charge on any atom is 0.306 e. The Morgan fingerprint density at radius 1 is 0.414 bits per heavy atom. The van der Waals surface area contributed by atoms with Gasteiger partial charge >= 0.3 is 5.97 Å². The Bertz CT molecular complexity index is 822. The average Bonchev–Trinajstić information content (AvgIpc) is 3.23. The Kier molecular flexibility index (Phi) is 51.0. The first-order valence-electron chi connectivity index (χ1n) is 26.4. The van der Waals surface area contributed by atoms with Gasteiger partial charge in [0, 0.05) is 13.0 Å². The molecule has 0 amide bonds. The molecule has 1 atom stereocenters. The number of aliphatic hydroxyl groups is 1. The molecule has 0 aromatic rings. The molecule has 0 saturated carbocycles. The number of ether oxygens (including phenoxy) is 2. The normalized spacial score (nSPS) is 12.4. The Morgan fingerprint density at radius 2 is 0.724 bits per heavy atom. The van der Waals surface area contributed by atoms with Gasteiger partial charge in [-0.05, 0) is 44.9 Å². The van der Waals surface area contributed by atoms with Gasteiger partial charge in [0.25, 0.3) is 0 Å². The monoisotopic (exact) mass is 817 g/mol. The van der Waals surface area contributed by atoms with Gasteiger partial charge in [-0.15, -0.1) is 0 Å². The minimum absolute atomic E-state index is 0.167. The number of aliphatic hydroxyl groups excluding tert-OH is 1. The molecule has 1 N–H and O–H groups in total. The molecule has 4 heteroatoms. The molecule has 344 valence electrons. The summed E-state index contributed by atoms with van der Waals surface area (Å²) in [6.45, 7) is 5.39. The summed E-state index contributed by atoms with van der Waals surface area (Å²) in [5.41, 5.74) is 0. The van der Waals surface area contributed by atoms with Crippen LogP contribution in [-0.2, 0) is 14.3 Å². The molecule has 0 fully saturated rings. The van der Waals surface area contributed by atoms with Gasteiger partial charge in [0.1, 0.15) is 6.10 Å². The van der Waals surface area contributed by atoms with Crippen LogP contribution in [0.3, 0.4) is 0 Å². The van der Waals surface area contributed by atoms with Crippen molar-refractivity contribution < 1.29 is 19.4 Å². The molecule has 0 aromatic carbocycles. The molecule has 0 aliphatic carbocycles. The first-order chi connectivity index (χ1) is 28.7. The second-order valence-corrected chi connectivity index (χ2v) is 18.0. The van der Waals surface area contributed by atoms with Crippen molar-refractivity contribution in [3.05, 3.63) is 24.3 Å². The number of carbonyl (C=O) groups excluding carboxylic acids is 1. The van der Waals surface area contributed by atoms with Crippen molar-refractivity contribution in [2.24, 2.45) is 0 Å². The molecule has 4 nitrogen and oxygen atoms in total. The first kappa shape index (κ1) is 56.9. The smallest absolute Gasteiger partial charge is 0.306 e. The minimum atomic E-state index is -0.531. The van der Waals surface area contributed by atoms with E-state index >= 15 is 0 Å². The van der Waals surface area contributed by atoms with E-state index in [0.29, 0.717) is 19.6 Å². The molecule has 0 aliphatic heterocycles. The Balaban J connectivity index is 3.36. The van der Waals surface area contributed by atoms with Crippen LogP contribution in [0.15, 0.2) is 24.3 Å². The molecule has 0 aliphatic rings. The molecule has 0 saturated heterocycles. The molecular formula is C54H104O4. The van der Waals surface area contributed by atoms with Crippen LogP contribution < -0.4 is 0 Å². The highest BCUT2D eigenvalue weighted by Gasteiger charge is 2.13. The lowest BCUT2D eigenvalue weighted by molar-refractivity contribution is -0.154. The second-order valence-electron chi connectivity index (χ2n) is 18.0. The molecule has 0 aromatic heterocycles. The highest BCUT2D eigenvalue weighted by Crippen LogP contribution is 2.17. The number of hydrogen-bond donors (Lipinski definition) is 1. The van der Waals surface area contributed by atoms with E-state index in [-0.39, 0.29) is 12.6 Å². The summed E-state index contributed by atoms with van der Waals surface area (Å²) in [5, 5.41) is 9.66. The Labute approximate surface area is 364 Å². The van der Waals surface area contributed by atoms with Crippen LogP contribution in [0.1, 0.15) is 290 Å². The lowest BCUT2D eigenvalue weighted by atomic mass is 10.0. The fraction of sp³-hybridized carbons (Fsp3) is 0.907. The van der Waals surface area contributed by atoms with Gasteiger partial charge in [-0.3, -0.25) is 4.79 Å². The lowest BCUT2D eigenvalue weighted by Crippen LogP contribution is -2.27. The molecule has 0 rings (SSSR count). The number of hydrogen-bond acceptors (Lipinski definition) is 4. The van der Waals surface area contributed by atoms with Crippen molar-refractivity contribution in [3.8, 4) is 0 Å². The van der Waals surface area contributed by atoms with Crippen LogP contribution >= 0.6 is 0 Å². The van der Waals surface area contributed by atoms with E-state index in [9.17, 15) is 9.90 Å². The van der Waals surface area contributed by atoms with Crippen LogP contribution in [0, 0.1) is 0 Å². The van der Waals surface area contributed by atoms with Crippen LogP contribution in [-0.4, -0.2) is 37.0 Å². The van der Waals surface area contributed by atoms with Gasteiger partial charge in [-0.1, -0.05) is 263 Å². The second kappa shape index (κ2) is 52.0. The first-order valence-corrected chi connectivity index (χ1v) is 26.4. The van der Waals surface area contributed by atoms with E-state index in [2.05, 4.69) is 38.2 Å². The van der Waals surface area contributed by atoms with Crippen LogP contribution in [0.5, 0.6) is 0 Å². The molecule has 0 bridgehead atoms. The van der Waals surface area contributed by atoms with Crippen molar-refractivity contribution in [3.63, 3.8) is 0 Å². The maximum atomic E-state index is 12.3. The van der Waals surface area contributed by atoms with Gasteiger partial charge in [-0.25, -0.2) is 0 Å². The van der Waals surface area contributed by atoms with Crippen molar-refractivity contribution in [1.29, 1.82) is 0 Å². The van der Waals surface area contributed by atoms with Crippen molar-refractivity contribution in [2.75, 3.05) is 19.8 Å². The highest BCUT2D eigenvalue weighted by molar-refractivity contribution is 5.69. The van der Waals surface area contributed by atoms with Crippen LogP contribution in [0.25, 0.3) is 0 Å². The maximum absolute atomic E-state index is 12.3. The summed E-state index contributed by atoms with van der Waals surface area (Å²) in [4.78, 5) is 12.3. The number of carbonyl (C=O) groups is 1. The average molecular weight is 817 g/mol. The summed E-state index contributed by atoms with van der Waals surface area (Å²) in [6.07, 6.45) is 65.6. The standard InChI is InChI=1S/C54H104O4/c1-3-5-7-9-11-13-15-17-19-21-23-25-27-28-30-32-34-36-38-40-42-44-46-48-50-57-52-53(51-55)58-54(56)49-47-45-43-41-39-37-35-33-31-29-26-24-22-20-18-16-14-12-10-8-6-4-2/h15,17,21,23,53,55H,3-14,16,18-20,22,24-52H2,1-2H3/b17-15-,23-21-. The van der Waals surface area contributed by atoms with E-state index in [1.165, 1.54) is 244 Å². The zero-order chi connectivity index (χ0) is 41.9. The molecular weight excluding hydrogens is 713 g/mol. The Hall–Kier alpha value is -1.13. The topological polar surface area (TPSA) is 55.8 Å². The summed E-state index contributed by atoms with van der Waals surface area (Å²) >= 11 is 0. The van der Waals surface area contributed by atoms with Gasteiger partial charge < -0.3 is 14.6 Å². The highest BCUT2D eigenvalue weighted by atomic mass is 16.6. The van der Waals surface area contributed by atoms with E-state index in [4.69, 9.17) is 9.47 Å². The fourth-order valence-corrected chi connectivity index (χ4v) is 8.07. The number of rotatable bonds is 50. The fourth-order valence-electron chi connectivity index (χ4n) is 8.07. The third-order valence-corrected chi connectivity index (χ3v) is 12.0. The number of unbranched alkanes of at least 4 members (excludes halogenated alkanes) is 38. The van der Waals surface area contributed by atoms with Crippen molar-refractivity contribution in [2.45, 2.75) is 296 Å². The molecule has 1 unspecified atom stereocenters. The van der Waals surface area contributed by atoms with E-state index in [1.54, 1.807) is 0 Å². The number of allylic oxidation sites excluding steroid dienone is 4. The summed E-state index contributed by atoms with van der Waals surface area (Å²) in [5.74, 6) is -0.193. The molecule has 0 heterocycles. The van der Waals surface area contributed by atoms with Gasteiger partial charge in [0.2, 0.25) is 0 Å². The van der Waals surface area contributed by atoms with Gasteiger partial charge in [-0.2, -0.15) is 0 Å². The minimum Gasteiger partial charge on any atom is -0.457 e. The van der Waals surface area contributed by atoms with Gasteiger partial charge in [0.15, 0.2) is 0 Å². The molecule has 0 radical (unpaired) electrons. The van der Waals surface area contributed by atoms with E-state index in [1.807, 2.05) is 0 Å². The zero-order valence-corrected chi connectivity index (χ0v) is 39.6. The molecule has 0 spiro atoms. The SMILES string of the molecule is CCCCCCC/C=C\C/C=C\CCCCCCCCCCCCCCOCC(CO)OC(=O)CCCCCCCCCCCCCCCCCCCCCCCC. The summed E-state index contributed by atoms with van der Waals surface area (Å²) in [6, 6.07) is 0. The van der Waals surface area contributed by atoms with Gasteiger partial charge in [0.05, 0.1) is 13.2 Å². The summed E-state index contributed by atoms with van der Waals surface area (Å²) < 4.78 is 11.2. The van der Waals surface area contributed by atoms with Crippen molar-refractivity contribution >= 4 is 5.97 Å². The van der Waals surface area contributed by atoms with Crippen molar-refractivity contribution in [1.82, 2.24) is 0 Å². The number of esters is 1. The third kappa shape index (κ3) is 49.2. The van der Waals surface area contributed by atoms with Crippen LogP contribution in [0.4, 0.5) is 0 Å². The quantitative estimate of drug-likeness (QED) is 0.0377. The predicted molar refractivity (Wildman–Crippen MR) is 256 cm³/mol. The lowest BCUT2D eigenvalue weighted by Gasteiger charge is -2.16.